The lowest BCUT2D eigenvalue weighted by Crippen LogP contribution is -2.38. The van der Waals surface area contributed by atoms with E-state index in [1.54, 1.807) is 19.1 Å². The van der Waals surface area contributed by atoms with Gasteiger partial charge in [-0.15, -0.1) is 0 Å². The van der Waals surface area contributed by atoms with Crippen LogP contribution in [0.3, 0.4) is 0 Å². The van der Waals surface area contributed by atoms with Gasteiger partial charge >= 0.3 is 0 Å². The average Bonchev–Trinajstić information content (AvgIpc) is 2.86. The summed E-state index contributed by atoms with van der Waals surface area (Å²) in [6.45, 7) is 3.68. The first kappa shape index (κ1) is 15.6. The summed E-state index contributed by atoms with van der Waals surface area (Å²) in [6, 6.07) is 18.9. The molecular weight excluding hydrogens is 312 g/mol. The lowest BCUT2D eigenvalue weighted by Gasteiger charge is -2.21. The normalized spacial score (nSPS) is 18.9. The van der Waals surface area contributed by atoms with Gasteiger partial charge in [0, 0.05) is 5.56 Å². The Labute approximate surface area is 146 Å². The summed E-state index contributed by atoms with van der Waals surface area (Å²) in [4.78, 5) is 25.7. The van der Waals surface area contributed by atoms with Crippen molar-refractivity contribution in [2.45, 2.75) is 25.9 Å². The predicted octanol–water partition coefficient (Wildman–Crippen LogP) is 4.76. The maximum atomic E-state index is 13.1. The van der Waals surface area contributed by atoms with E-state index < -0.39 is 5.60 Å². The fraction of sp³-hybridized carbons (Fsp3) is 0.182. The number of Topliss-reactive ketones (excluding diaryl/α,β-unsaturated/α-hetero) is 2. The quantitative estimate of drug-likeness (QED) is 0.651. The average molecular weight is 330 g/mol. The van der Waals surface area contributed by atoms with E-state index in [-0.39, 0.29) is 18.0 Å². The van der Waals surface area contributed by atoms with Crippen LogP contribution in [0.4, 0.5) is 0 Å². The molecule has 3 aromatic rings. The molecule has 124 valence electrons. The van der Waals surface area contributed by atoms with Crippen LogP contribution in [-0.2, 0) is 0 Å². The fourth-order valence-electron chi connectivity index (χ4n) is 3.39. The molecule has 25 heavy (non-hydrogen) atoms. The zero-order valence-corrected chi connectivity index (χ0v) is 14.2. The molecule has 0 amide bonds. The fourth-order valence-corrected chi connectivity index (χ4v) is 3.39. The number of ether oxygens (including phenoxy) is 1. The number of carbonyl (C=O) groups excluding carboxylic acids is 2. The Morgan fingerprint density at radius 2 is 1.72 bits per heavy atom. The van der Waals surface area contributed by atoms with E-state index in [9.17, 15) is 9.59 Å². The van der Waals surface area contributed by atoms with Crippen LogP contribution in [0.1, 0.15) is 39.6 Å². The topological polar surface area (TPSA) is 43.4 Å². The summed E-state index contributed by atoms with van der Waals surface area (Å²) in [5, 5.41) is 1.86. The molecule has 0 bridgehead atoms. The number of hydrogen-bond donors (Lipinski definition) is 0. The highest BCUT2D eigenvalue weighted by atomic mass is 16.5. The van der Waals surface area contributed by atoms with Gasteiger partial charge < -0.3 is 4.74 Å². The monoisotopic (exact) mass is 330 g/mol. The van der Waals surface area contributed by atoms with Gasteiger partial charge in [-0.25, -0.2) is 0 Å². The Bertz CT molecular complexity index is 1000. The molecule has 1 unspecified atom stereocenters. The standard InChI is InChI=1S/C22H18O3/c1-14-7-9-16(10-8-14)18(23)13-22(2)21(24)20-17-6-4-3-5-15(17)11-12-19(20)25-22/h3-12H,13H2,1-2H3. The highest BCUT2D eigenvalue weighted by Gasteiger charge is 2.46. The molecule has 3 heteroatoms. The molecule has 0 aliphatic carbocycles. The molecule has 1 aliphatic rings. The van der Waals surface area contributed by atoms with Gasteiger partial charge in [-0.2, -0.15) is 0 Å². The minimum Gasteiger partial charge on any atom is -0.478 e. The third-order valence-electron chi connectivity index (χ3n) is 4.80. The molecule has 0 spiro atoms. The molecule has 4 rings (SSSR count). The van der Waals surface area contributed by atoms with Crippen LogP contribution < -0.4 is 4.74 Å². The molecule has 0 radical (unpaired) electrons. The molecule has 3 nitrogen and oxygen atoms in total. The van der Waals surface area contributed by atoms with E-state index in [4.69, 9.17) is 4.74 Å². The molecule has 1 heterocycles. The van der Waals surface area contributed by atoms with Crippen molar-refractivity contribution < 1.29 is 14.3 Å². The van der Waals surface area contributed by atoms with Gasteiger partial charge in [-0.1, -0.05) is 60.2 Å². The van der Waals surface area contributed by atoms with Crippen LogP contribution in [0.15, 0.2) is 60.7 Å². The lowest BCUT2D eigenvalue weighted by atomic mass is 9.88. The lowest BCUT2D eigenvalue weighted by molar-refractivity contribution is 0.0554. The van der Waals surface area contributed by atoms with E-state index in [0.717, 1.165) is 16.3 Å². The number of benzene rings is 3. The Kier molecular flexibility index (Phi) is 3.46. The van der Waals surface area contributed by atoms with E-state index in [1.807, 2.05) is 55.5 Å². The second kappa shape index (κ2) is 5.55. The van der Waals surface area contributed by atoms with Crippen molar-refractivity contribution in [1.29, 1.82) is 0 Å². The van der Waals surface area contributed by atoms with Crippen molar-refractivity contribution in [2.24, 2.45) is 0 Å². The van der Waals surface area contributed by atoms with Crippen LogP contribution in [0.2, 0.25) is 0 Å². The van der Waals surface area contributed by atoms with Crippen molar-refractivity contribution in [3.8, 4) is 5.75 Å². The highest BCUT2D eigenvalue weighted by molar-refractivity contribution is 6.18. The van der Waals surface area contributed by atoms with Gasteiger partial charge in [-0.3, -0.25) is 9.59 Å². The van der Waals surface area contributed by atoms with Gasteiger partial charge in [0.05, 0.1) is 12.0 Å². The zero-order valence-electron chi connectivity index (χ0n) is 14.2. The minimum absolute atomic E-state index is 0.0257. The molecule has 3 aromatic carbocycles. The number of ketones is 2. The Balaban J connectivity index is 1.69. The molecule has 1 atom stereocenters. The van der Waals surface area contributed by atoms with Crippen molar-refractivity contribution in [1.82, 2.24) is 0 Å². The van der Waals surface area contributed by atoms with E-state index in [2.05, 4.69) is 0 Å². The summed E-state index contributed by atoms with van der Waals surface area (Å²) < 4.78 is 5.96. The molecular formula is C22H18O3. The molecule has 0 saturated heterocycles. The number of hydrogen-bond acceptors (Lipinski definition) is 3. The van der Waals surface area contributed by atoms with Gasteiger partial charge in [0.25, 0.3) is 0 Å². The number of carbonyl (C=O) groups is 2. The summed E-state index contributed by atoms with van der Waals surface area (Å²) in [6.07, 6.45) is 0.0257. The van der Waals surface area contributed by atoms with Crippen LogP contribution in [0.25, 0.3) is 10.8 Å². The van der Waals surface area contributed by atoms with Crippen LogP contribution in [0, 0.1) is 6.92 Å². The van der Waals surface area contributed by atoms with Crippen molar-refractivity contribution in [3.05, 3.63) is 77.4 Å². The highest BCUT2D eigenvalue weighted by Crippen LogP contribution is 2.41. The number of fused-ring (bicyclic) bond motifs is 3. The third-order valence-corrected chi connectivity index (χ3v) is 4.80. The Hall–Kier alpha value is -2.94. The molecule has 0 N–H and O–H groups in total. The molecule has 0 fully saturated rings. The van der Waals surface area contributed by atoms with Crippen molar-refractivity contribution in [3.63, 3.8) is 0 Å². The van der Waals surface area contributed by atoms with Crippen molar-refractivity contribution >= 4 is 22.3 Å². The summed E-state index contributed by atoms with van der Waals surface area (Å²) in [7, 11) is 0. The van der Waals surface area contributed by atoms with Crippen molar-refractivity contribution in [2.75, 3.05) is 0 Å². The van der Waals surface area contributed by atoms with Gasteiger partial charge in [0.1, 0.15) is 5.75 Å². The number of rotatable bonds is 3. The maximum absolute atomic E-state index is 13.1. The van der Waals surface area contributed by atoms with Crippen LogP contribution in [-0.4, -0.2) is 17.2 Å². The first-order valence-electron chi connectivity index (χ1n) is 8.33. The van der Waals surface area contributed by atoms with Gasteiger partial charge in [0.2, 0.25) is 5.78 Å². The molecule has 1 aliphatic heterocycles. The second-order valence-corrected chi connectivity index (χ2v) is 6.79. The first-order chi connectivity index (χ1) is 12.0. The van der Waals surface area contributed by atoms with Gasteiger partial charge in [0.15, 0.2) is 11.4 Å². The third kappa shape index (κ3) is 2.52. The van der Waals surface area contributed by atoms with E-state index >= 15 is 0 Å². The predicted molar refractivity (Wildman–Crippen MR) is 97.4 cm³/mol. The largest absolute Gasteiger partial charge is 0.478 e. The number of aryl methyl sites for hydroxylation is 1. The SMILES string of the molecule is Cc1ccc(C(=O)CC2(C)Oc3ccc4ccccc4c3C2=O)cc1. The Morgan fingerprint density at radius 1 is 1.00 bits per heavy atom. The summed E-state index contributed by atoms with van der Waals surface area (Å²) in [5.74, 6) is 0.343. The molecule has 0 aromatic heterocycles. The second-order valence-electron chi connectivity index (χ2n) is 6.79. The van der Waals surface area contributed by atoms with Crippen LogP contribution in [0.5, 0.6) is 5.75 Å². The Morgan fingerprint density at radius 3 is 2.48 bits per heavy atom. The zero-order chi connectivity index (χ0) is 17.6. The minimum atomic E-state index is -1.16. The van der Waals surface area contributed by atoms with Gasteiger partial charge in [-0.05, 0) is 30.7 Å². The summed E-state index contributed by atoms with van der Waals surface area (Å²) >= 11 is 0. The summed E-state index contributed by atoms with van der Waals surface area (Å²) in [5.41, 5.74) is 1.12. The van der Waals surface area contributed by atoms with Crippen LogP contribution >= 0.6 is 0 Å². The van der Waals surface area contributed by atoms with E-state index in [0.29, 0.717) is 16.9 Å². The maximum Gasteiger partial charge on any atom is 0.210 e. The smallest absolute Gasteiger partial charge is 0.210 e. The van der Waals surface area contributed by atoms with E-state index in [1.165, 1.54) is 0 Å². The first-order valence-corrected chi connectivity index (χ1v) is 8.33. The molecule has 0 saturated carbocycles.